The van der Waals surface area contributed by atoms with Crippen molar-refractivity contribution in [3.8, 4) is 5.75 Å². The number of rotatable bonds is 7. The molecule has 0 amide bonds. The fourth-order valence-electron chi connectivity index (χ4n) is 2.28. The fraction of sp³-hybridized carbons (Fsp3) is 0.375. The van der Waals surface area contributed by atoms with Crippen LogP contribution in [-0.4, -0.2) is 20.2 Å². The summed E-state index contributed by atoms with van der Waals surface area (Å²) in [4.78, 5) is 0. The number of hydrogen-bond acceptors (Lipinski definition) is 3. The molecule has 0 spiro atoms. The third kappa shape index (κ3) is 3.46. The molecule has 19 heavy (non-hydrogen) atoms. The molecule has 2 aromatic rings. The summed E-state index contributed by atoms with van der Waals surface area (Å²) < 4.78 is 5.41. The first-order valence-corrected chi connectivity index (χ1v) is 6.82. The molecule has 0 saturated carbocycles. The van der Waals surface area contributed by atoms with E-state index in [1.165, 1.54) is 16.3 Å². The quantitative estimate of drug-likeness (QED) is 0.751. The first kappa shape index (κ1) is 13.8. The topological polar surface area (TPSA) is 47.3 Å². The van der Waals surface area contributed by atoms with Gasteiger partial charge in [-0.05, 0) is 42.9 Å². The predicted octanol–water partition coefficient (Wildman–Crippen LogP) is 2.68. The van der Waals surface area contributed by atoms with Crippen LogP contribution in [0.1, 0.15) is 18.4 Å². The minimum atomic E-state index is 0.771. The van der Waals surface area contributed by atoms with Crippen molar-refractivity contribution >= 4 is 10.8 Å². The molecular formula is C16H22N2O. The number of hydrogen-bond donors (Lipinski definition) is 2. The van der Waals surface area contributed by atoms with Gasteiger partial charge in [0.05, 0.1) is 7.11 Å². The molecule has 0 aliphatic carbocycles. The van der Waals surface area contributed by atoms with E-state index < -0.39 is 0 Å². The molecule has 0 atom stereocenters. The van der Waals surface area contributed by atoms with Crippen molar-refractivity contribution in [3.05, 3.63) is 42.0 Å². The fourth-order valence-corrected chi connectivity index (χ4v) is 2.28. The van der Waals surface area contributed by atoms with Gasteiger partial charge in [-0.25, -0.2) is 0 Å². The molecule has 3 nitrogen and oxygen atoms in total. The zero-order chi connectivity index (χ0) is 13.5. The summed E-state index contributed by atoms with van der Waals surface area (Å²) in [5, 5.41) is 5.90. The standard InChI is InChI=1S/C16H22N2O/c1-19-16-9-8-13(12-18-11-5-4-10-17)14-6-2-3-7-15(14)16/h2-3,6-9,18H,4-5,10-12,17H2,1H3. The highest BCUT2D eigenvalue weighted by molar-refractivity contribution is 5.91. The van der Waals surface area contributed by atoms with Crippen molar-refractivity contribution in [3.63, 3.8) is 0 Å². The van der Waals surface area contributed by atoms with Crippen LogP contribution >= 0.6 is 0 Å². The largest absolute Gasteiger partial charge is 0.496 e. The molecular weight excluding hydrogens is 236 g/mol. The molecule has 0 heterocycles. The number of nitrogens with two attached hydrogens (primary N) is 1. The summed E-state index contributed by atoms with van der Waals surface area (Å²) in [6.45, 7) is 2.67. The molecule has 2 rings (SSSR count). The summed E-state index contributed by atoms with van der Waals surface area (Å²) >= 11 is 0. The Bertz CT molecular complexity index is 525. The van der Waals surface area contributed by atoms with Crippen LogP contribution in [0.15, 0.2) is 36.4 Å². The highest BCUT2D eigenvalue weighted by atomic mass is 16.5. The van der Waals surface area contributed by atoms with E-state index in [9.17, 15) is 0 Å². The van der Waals surface area contributed by atoms with E-state index in [0.29, 0.717) is 0 Å². The van der Waals surface area contributed by atoms with Gasteiger partial charge in [0, 0.05) is 11.9 Å². The molecule has 0 aliphatic rings. The van der Waals surface area contributed by atoms with Crippen molar-refractivity contribution in [1.29, 1.82) is 0 Å². The van der Waals surface area contributed by atoms with Crippen LogP contribution in [0, 0.1) is 0 Å². The third-order valence-corrected chi connectivity index (χ3v) is 3.32. The van der Waals surface area contributed by atoms with Crippen molar-refractivity contribution in [2.75, 3.05) is 20.2 Å². The van der Waals surface area contributed by atoms with E-state index in [1.54, 1.807) is 7.11 Å². The minimum absolute atomic E-state index is 0.771. The van der Waals surface area contributed by atoms with Crippen LogP contribution in [0.4, 0.5) is 0 Å². The number of benzene rings is 2. The Morgan fingerprint density at radius 2 is 1.84 bits per heavy atom. The Balaban J connectivity index is 2.11. The van der Waals surface area contributed by atoms with Gasteiger partial charge in [-0.15, -0.1) is 0 Å². The zero-order valence-electron chi connectivity index (χ0n) is 11.5. The van der Waals surface area contributed by atoms with Crippen molar-refractivity contribution < 1.29 is 4.74 Å². The normalized spacial score (nSPS) is 10.8. The summed E-state index contributed by atoms with van der Waals surface area (Å²) in [5.74, 6) is 0.933. The van der Waals surface area contributed by atoms with Gasteiger partial charge in [0.15, 0.2) is 0 Å². The van der Waals surface area contributed by atoms with Gasteiger partial charge in [0.1, 0.15) is 5.75 Å². The van der Waals surface area contributed by atoms with Crippen LogP contribution in [0.3, 0.4) is 0 Å². The van der Waals surface area contributed by atoms with Gasteiger partial charge >= 0.3 is 0 Å². The maximum absolute atomic E-state index is 5.49. The Hall–Kier alpha value is -1.58. The maximum Gasteiger partial charge on any atom is 0.126 e. The van der Waals surface area contributed by atoms with Crippen LogP contribution < -0.4 is 15.8 Å². The highest BCUT2D eigenvalue weighted by Crippen LogP contribution is 2.28. The van der Waals surface area contributed by atoms with Gasteiger partial charge in [0.2, 0.25) is 0 Å². The van der Waals surface area contributed by atoms with Gasteiger partial charge in [-0.3, -0.25) is 0 Å². The summed E-state index contributed by atoms with van der Waals surface area (Å²) in [6, 6.07) is 12.5. The average Bonchev–Trinajstić information content (AvgIpc) is 2.47. The van der Waals surface area contributed by atoms with Crippen molar-refractivity contribution in [2.24, 2.45) is 5.73 Å². The van der Waals surface area contributed by atoms with E-state index in [-0.39, 0.29) is 0 Å². The Morgan fingerprint density at radius 3 is 2.58 bits per heavy atom. The number of methoxy groups -OCH3 is 1. The molecule has 0 unspecified atom stereocenters. The lowest BCUT2D eigenvalue weighted by Crippen LogP contribution is -2.16. The van der Waals surface area contributed by atoms with Crippen LogP contribution in [-0.2, 0) is 6.54 Å². The van der Waals surface area contributed by atoms with Crippen molar-refractivity contribution in [2.45, 2.75) is 19.4 Å². The molecule has 0 aromatic heterocycles. The van der Waals surface area contributed by atoms with E-state index in [0.717, 1.165) is 38.2 Å². The van der Waals surface area contributed by atoms with E-state index in [2.05, 4.69) is 29.6 Å². The molecule has 102 valence electrons. The highest BCUT2D eigenvalue weighted by Gasteiger charge is 2.05. The Kier molecular flexibility index (Phi) is 5.19. The number of nitrogens with one attached hydrogen (secondary N) is 1. The number of unbranched alkanes of at least 4 members (excludes halogenated alkanes) is 1. The Morgan fingerprint density at radius 1 is 1.05 bits per heavy atom. The van der Waals surface area contributed by atoms with Gasteiger partial charge in [-0.1, -0.05) is 30.3 Å². The van der Waals surface area contributed by atoms with E-state index in [4.69, 9.17) is 10.5 Å². The molecule has 3 N–H and O–H groups in total. The molecule has 0 radical (unpaired) electrons. The molecule has 2 aromatic carbocycles. The lowest BCUT2D eigenvalue weighted by Gasteiger charge is -2.11. The molecule has 0 fully saturated rings. The van der Waals surface area contributed by atoms with Crippen LogP contribution in [0.25, 0.3) is 10.8 Å². The SMILES string of the molecule is COc1ccc(CNCCCCN)c2ccccc12. The second-order valence-electron chi connectivity index (χ2n) is 4.65. The van der Waals surface area contributed by atoms with Crippen molar-refractivity contribution in [1.82, 2.24) is 5.32 Å². The lowest BCUT2D eigenvalue weighted by atomic mass is 10.0. The molecule has 0 bridgehead atoms. The van der Waals surface area contributed by atoms with E-state index >= 15 is 0 Å². The monoisotopic (exact) mass is 258 g/mol. The third-order valence-electron chi connectivity index (χ3n) is 3.32. The summed E-state index contributed by atoms with van der Waals surface area (Å²) in [7, 11) is 1.71. The molecule has 3 heteroatoms. The van der Waals surface area contributed by atoms with Gasteiger partial charge < -0.3 is 15.8 Å². The summed E-state index contributed by atoms with van der Waals surface area (Å²) in [6.07, 6.45) is 2.21. The lowest BCUT2D eigenvalue weighted by molar-refractivity contribution is 0.419. The smallest absolute Gasteiger partial charge is 0.126 e. The first-order chi connectivity index (χ1) is 9.36. The van der Waals surface area contributed by atoms with Crippen LogP contribution in [0.5, 0.6) is 5.75 Å². The molecule has 0 saturated heterocycles. The van der Waals surface area contributed by atoms with E-state index in [1.807, 2.05) is 12.1 Å². The predicted molar refractivity (Wildman–Crippen MR) is 80.5 cm³/mol. The first-order valence-electron chi connectivity index (χ1n) is 6.82. The number of ether oxygens (including phenoxy) is 1. The maximum atomic E-state index is 5.49. The summed E-state index contributed by atoms with van der Waals surface area (Å²) in [5.41, 5.74) is 6.80. The number of fused-ring (bicyclic) bond motifs is 1. The molecule has 0 aliphatic heterocycles. The average molecular weight is 258 g/mol. The van der Waals surface area contributed by atoms with Gasteiger partial charge in [-0.2, -0.15) is 0 Å². The zero-order valence-corrected chi connectivity index (χ0v) is 11.5. The second-order valence-corrected chi connectivity index (χ2v) is 4.65. The Labute approximate surface area is 114 Å². The van der Waals surface area contributed by atoms with Crippen LogP contribution in [0.2, 0.25) is 0 Å². The minimum Gasteiger partial charge on any atom is -0.496 e. The second kappa shape index (κ2) is 7.12. The van der Waals surface area contributed by atoms with Gasteiger partial charge in [0.25, 0.3) is 0 Å².